The number of aryl methyl sites for hydroxylation is 1. The Labute approximate surface area is 161 Å². The van der Waals surface area contributed by atoms with Crippen molar-refractivity contribution in [1.82, 2.24) is 10.9 Å². The van der Waals surface area contributed by atoms with Crippen molar-refractivity contribution in [2.75, 3.05) is 0 Å². The fourth-order valence-electron chi connectivity index (χ4n) is 1.93. The number of amides is 2. The number of hydrogen-bond acceptors (Lipinski definition) is 4. The number of carbonyl (C=O) groups excluding carboxylic acids is 2. The number of benzene rings is 2. The van der Waals surface area contributed by atoms with Crippen molar-refractivity contribution in [3.8, 4) is 5.75 Å². The normalized spacial score (nSPS) is 11.4. The SMILES string of the molecule is Cc1cc(OC(C)C(=O)NNC(=O)OCc2ccc(Cl)cc2)ccc1Cl. The second kappa shape index (κ2) is 9.31. The molecule has 2 N–H and O–H groups in total. The van der Waals surface area contributed by atoms with E-state index in [0.29, 0.717) is 15.8 Å². The summed E-state index contributed by atoms with van der Waals surface area (Å²) < 4.78 is 10.5. The maximum Gasteiger partial charge on any atom is 0.426 e. The predicted octanol–water partition coefficient (Wildman–Crippen LogP) is 4.03. The van der Waals surface area contributed by atoms with Crippen molar-refractivity contribution >= 4 is 35.2 Å². The number of ether oxygens (including phenoxy) is 2. The highest BCUT2D eigenvalue weighted by Crippen LogP contribution is 2.21. The summed E-state index contributed by atoms with van der Waals surface area (Å²) in [5.74, 6) is -0.0269. The quantitative estimate of drug-likeness (QED) is 0.747. The summed E-state index contributed by atoms with van der Waals surface area (Å²) in [6.07, 6.45) is -1.62. The number of carbonyl (C=O) groups is 2. The second-order valence-electron chi connectivity index (χ2n) is 5.49. The highest BCUT2D eigenvalue weighted by Gasteiger charge is 2.16. The molecular formula is C18H18Cl2N2O4. The number of nitrogens with one attached hydrogen (secondary N) is 2. The van der Waals surface area contributed by atoms with Crippen LogP contribution in [0.2, 0.25) is 10.0 Å². The fraction of sp³-hybridized carbons (Fsp3) is 0.222. The lowest BCUT2D eigenvalue weighted by molar-refractivity contribution is -0.128. The first-order valence-electron chi connectivity index (χ1n) is 7.75. The van der Waals surface area contributed by atoms with E-state index in [1.54, 1.807) is 49.4 Å². The first-order chi connectivity index (χ1) is 12.3. The molecule has 2 rings (SSSR count). The molecule has 0 fully saturated rings. The van der Waals surface area contributed by atoms with E-state index in [1.165, 1.54) is 0 Å². The number of hydrogen-bond donors (Lipinski definition) is 2. The van der Waals surface area contributed by atoms with E-state index in [2.05, 4.69) is 10.9 Å². The molecule has 0 aliphatic carbocycles. The Balaban J connectivity index is 1.75. The van der Waals surface area contributed by atoms with Gasteiger partial charge in [-0.05, 0) is 55.3 Å². The summed E-state index contributed by atoms with van der Waals surface area (Å²) in [5, 5.41) is 1.20. The Morgan fingerprint density at radius 2 is 1.77 bits per heavy atom. The van der Waals surface area contributed by atoms with Crippen LogP contribution in [0.3, 0.4) is 0 Å². The van der Waals surface area contributed by atoms with Gasteiger partial charge in [-0.2, -0.15) is 0 Å². The largest absolute Gasteiger partial charge is 0.481 e. The van der Waals surface area contributed by atoms with E-state index in [-0.39, 0.29) is 6.61 Å². The minimum Gasteiger partial charge on any atom is -0.481 e. The van der Waals surface area contributed by atoms with Crippen molar-refractivity contribution < 1.29 is 19.1 Å². The van der Waals surface area contributed by atoms with E-state index in [1.807, 2.05) is 6.92 Å². The zero-order valence-electron chi connectivity index (χ0n) is 14.2. The van der Waals surface area contributed by atoms with Gasteiger partial charge in [0, 0.05) is 10.0 Å². The van der Waals surface area contributed by atoms with Crippen LogP contribution >= 0.6 is 23.2 Å². The van der Waals surface area contributed by atoms with Crippen LogP contribution in [0.15, 0.2) is 42.5 Å². The second-order valence-corrected chi connectivity index (χ2v) is 6.33. The molecule has 6 nitrogen and oxygen atoms in total. The summed E-state index contributed by atoms with van der Waals surface area (Å²) in [6, 6.07) is 11.9. The minimum atomic E-state index is -0.827. The third-order valence-electron chi connectivity index (χ3n) is 3.38. The van der Waals surface area contributed by atoms with Gasteiger partial charge in [-0.15, -0.1) is 0 Å². The van der Waals surface area contributed by atoms with Crippen LogP contribution in [0.25, 0.3) is 0 Å². The van der Waals surface area contributed by atoms with Crippen molar-refractivity contribution in [3.05, 3.63) is 63.6 Å². The van der Waals surface area contributed by atoms with Crippen LogP contribution in [-0.2, 0) is 16.1 Å². The molecule has 0 aliphatic rings. The molecule has 2 aromatic rings. The van der Waals surface area contributed by atoms with Crippen molar-refractivity contribution in [2.24, 2.45) is 0 Å². The summed E-state index contributed by atoms with van der Waals surface area (Å²) in [5.41, 5.74) is 6.00. The molecule has 138 valence electrons. The molecule has 8 heteroatoms. The summed E-state index contributed by atoms with van der Waals surface area (Å²) >= 11 is 11.7. The molecule has 1 atom stereocenters. The average Bonchev–Trinajstić information content (AvgIpc) is 2.62. The number of halogens is 2. The van der Waals surface area contributed by atoms with Gasteiger partial charge < -0.3 is 9.47 Å². The van der Waals surface area contributed by atoms with Gasteiger partial charge >= 0.3 is 6.09 Å². The van der Waals surface area contributed by atoms with E-state index < -0.39 is 18.1 Å². The van der Waals surface area contributed by atoms with Gasteiger partial charge in [-0.25, -0.2) is 10.2 Å². The maximum atomic E-state index is 12.0. The van der Waals surface area contributed by atoms with Gasteiger partial charge in [-0.3, -0.25) is 10.2 Å². The first kappa shape index (κ1) is 19.9. The van der Waals surface area contributed by atoms with Gasteiger partial charge in [-0.1, -0.05) is 35.3 Å². The Kier molecular flexibility index (Phi) is 7.12. The standard InChI is InChI=1S/C18H18Cl2N2O4/c1-11-9-15(7-8-16(11)20)26-12(2)17(23)21-22-18(24)25-10-13-3-5-14(19)6-4-13/h3-9,12H,10H2,1-2H3,(H,21,23)(H,22,24). The van der Waals surface area contributed by atoms with Crippen LogP contribution in [-0.4, -0.2) is 18.1 Å². The summed E-state index contributed by atoms with van der Waals surface area (Å²) in [7, 11) is 0. The van der Waals surface area contributed by atoms with Gasteiger partial charge in [0.25, 0.3) is 5.91 Å². The summed E-state index contributed by atoms with van der Waals surface area (Å²) in [4.78, 5) is 23.6. The predicted molar refractivity (Wildman–Crippen MR) is 99.2 cm³/mol. The molecule has 0 bridgehead atoms. The van der Waals surface area contributed by atoms with E-state index >= 15 is 0 Å². The third kappa shape index (κ3) is 6.13. The Hall–Kier alpha value is -2.44. The van der Waals surface area contributed by atoms with Crippen LogP contribution in [0, 0.1) is 6.92 Å². The molecular weight excluding hydrogens is 379 g/mol. The van der Waals surface area contributed by atoms with Gasteiger partial charge in [0.1, 0.15) is 12.4 Å². The molecule has 0 aliphatic heterocycles. The monoisotopic (exact) mass is 396 g/mol. The van der Waals surface area contributed by atoms with Crippen molar-refractivity contribution in [1.29, 1.82) is 0 Å². The Bertz CT molecular complexity index is 781. The highest BCUT2D eigenvalue weighted by molar-refractivity contribution is 6.31. The molecule has 2 aromatic carbocycles. The molecule has 0 aromatic heterocycles. The smallest absolute Gasteiger partial charge is 0.426 e. The molecule has 0 saturated heterocycles. The molecule has 0 radical (unpaired) electrons. The lowest BCUT2D eigenvalue weighted by Gasteiger charge is -2.15. The van der Waals surface area contributed by atoms with Crippen molar-refractivity contribution in [3.63, 3.8) is 0 Å². The number of rotatable bonds is 5. The molecule has 2 amide bonds. The van der Waals surface area contributed by atoms with Crippen LogP contribution in [0.5, 0.6) is 5.75 Å². The van der Waals surface area contributed by atoms with E-state index in [4.69, 9.17) is 32.7 Å². The number of hydrazine groups is 1. The maximum absolute atomic E-state index is 12.0. The lowest BCUT2D eigenvalue weighted by atomic mass is 10.2. The zero-order valence-corrected chi connectivity index (χ0v) is 15.7. The average molecular weight is 397 g/mol. The molecule has 0 saturated carbocycles. The van der Waals surface area contributed by atoms with Crippen LogP contribution in [0.1, 0.15) is 18.1 Å². The minimum absolute atomic E-state index is 0.0506. The first-order valence-corrected chi connectivity index (χ1v) is 8.50. The van der Waals surface area contributed by atoms with Crippen LogP contribution in [0.4, 0.5) is 4.79 Å². The van der Waals surface area contributed by atoms with Gasteiger partial charge in [0.05, 0.1) is 0 Å². The Morgan fingerprint density at radius 1 is 1.08 bits per heavy atom. The molecule has 1 unspecified atom stereocenters. The Morgan fingerprint density at radius 3 is 2.42 bits per heavy atom. The zero-order chi connectivity index (χ0) is 19.1. The molecule has 0 spiro atoms. The fourth-order valence-corrected chi connectivity index (χ4v) is 2.17. The van der Waals surface area contributed by atoms with Crippen LogP contribution < -0.4 is 15.6 Å². The van der Waals surface area contributed by atoms with E-state index in [0.717, 1.165) is 11.1 Å². The molecule has 26 heavy (non-hydrogen) atoms. The molecule has 0 heterocycles. The third-order valence-corrected chi connectivity index (χ3v) is 4.06. The van der Waals surface area contributed by atoms with Gasteiger partial charge in [0.2, 0.25) is 0 Å². The topological polar surface area (TPSA) is 76.7 Å². The van der Waals surface area contributed by atoms with Gasteiger partial charge in [0.15, 0.2) is 6.10 Å². The van der Waals surface area contributed by atoms with Crippen molar-refractivity contribution in [2.45, 2.75) is 26.6 Å². The van der Waals surface area contributed by atoms with E-state index in [9.17, 15) is 9.59 Å². The summed E-state index contributed by atoms with van der Waals surface area (Å²) in [6.45, 7) is 3.44. The highest BCUT2D eigenvalue weighted by atomic mass is 35.5. The lowest BCUT2D eigenvalue weighted by Crippen LogP contribution is -2.47.